The zero-order valence-corrected chi connectivity index (χ0v) is 8.05. The lowest BCUT2D eigenvalue weighted by Gasteiger charge is -2.22. The van der Waals surface area contributed by atoms with E-state index in [0.29, 0.717) is 0 Å². The highest BCUT2D eigenvalue weighted by Gasteiger charge is 2.21. The quantitative estimate of drug-likeness (QED) is 0.629. The summed E-state index contributed by atoms with van der Waals surface area (Å²) in [6.45, 7) is 0. The number of carbonyl (C=O) groups is 1. The van der Waals surface area contributed by atoms with E-state index in [2.05, 4.69) is 6.07 Å². The molecule has 0 bridgehead atoms. The number of hydrogen-bond donors (Lipinski definition) is 0. The van der Waals surface area contributed by atoms with Crippen LogP contribution in [-0.2, 0) is 11.2 Å². The van der Waals surface area contributed by atoms with E-state index in [1.807, 2.05) is 12.1 Å². The second-order valence-electron chi connectivity index (χ2n) is 3.45. The van der Waals surface area contributed by atoms with E-state index in [0.717, 1.165) is 36.1 Å². The lowest BCUT2D eigenvalue weighted by Crippen LogP contribution is -2.11. The lowest BCUT2D eigenvalue weighted by molar-refractivity contribution is -0.109. The second-order valence-corrected chi connectivity index (χ2v) is 3.85. The van der Waals surface area contributed by atoms with E-state index >= 15 is 0 Å². The van der Waals surface area contributed by atoms with Gasteiger partial charge in [0.25, 0.3) is 0 Å². The minimum atomic E-state index is 0.0254. The molecule has 1 nitrogen and oxygen atoms in total. The van der Waals surface area contributed by atoms with Gasteiger partial charge in [-0.3, -0.25) is 0 Å². The van der Waals surface area contributed by atoms with Crippen molar-refractivity contribution in [2.24, 2.45) is 0 Å². The van der Waals surface area contributed by atoms with Gasteiger partial charge in [0, 0.05) is 10.9 Å². The van der Waals surface area contributed by atoms with Crippen LogP contribution in [0.15, 0.2) is 18.2 Å². The van der Waals surface area contributed by atoms with Gasteiger partial charge in [-0.25, -0.2) is 0 Å². The van der Waals surface area contributed by atoms with E-state index in [1.165, 1.54) is 5.56 Å². The van der Waals surface area contributed by atoms with Crippen molar-refractivity contribution < 1.29 is 4.79 Å². The molecule has 0 saturated heterocycles. The zero-order chi connectivity index (χ0) is 9.26. The first-order chi connectivity index (χ1) is 6.33. The minimum Gasteiger partial charge on any atom is -0.303 e. The molecule has 2 rings (SSSR count). The summed E-state index contributed by atoms with van der Waals surface area (Å²) in [5, 5.41) is 0.745. The zero-order valence-electron chi connectivity index (χ0n) is 7.29. The van der Waals surface area contributed by atoms with Crippen LogP contribution in [0.2, 0.25) is 5.02 Å². The van der Waals surface area contributed by atoms with E-state index in [9.17, 15) is 4.79 Å². The summed E-state index contributed by atoms with van der Waals surface area (Å²) in [6, 6.07) is 5.88. The maximum Gasteiger partial charge on any atom is 0.127 e. The number of carbonyl (C=O) groups excluding carboxylic acids is 1. The summed E-state index contributed by atoms with van der Waals surface area (Å²) in [6.07, 6.45) is 4.11. The number of aryl methyl sites for hydroxylation is 1. The van der Waals surface area contributed by atoms with Gasteiger partial charge in [-0.2, -0.15) is 0 Å². The van der Waals surface area contributed by atoms with E-state index in [-0.39, 0.29) is 5.92 Å². The van der Waals surface area contributed by atoms with Gasteiger partial charge in [-0.15, -0.1) is 0 Å². The lowest BCUT2D eigenvalue weighted by atomic mass is 9.84. The van der Waals surface area contributed by atoms with E-state index in [1.54, 1.807) is 0 Å². The number of halogens is 1. The third-order valence-corrected chi connectivity index (χ3v) is 2.97. The van der Waals surface area contributed by atoms with Gasteiger partial charge < -0.3 is 4.79 Å². The van der Waals surface area contributed by atoms with Crippen molar-refractivity contribution in [3.63, 3.8) is 0 Å². The Morgan fingerprint density at radius 3 is 3.08 bits per heavy atom. The number of fused-ring (bicyclic) bond motifs is 1. The van der Waals surface area contributed by atoms with Crippen molar-refractivity contribution in [1.82, 2.24) is 0 Å². The molecule has 0 aliphatic heterocycles. The van der Waals surface area contributed by atoms with E-state index < -0.39 is 0 Å². The third-order valence-electron chi connectivity index (χ3n) is 2.64. The SMILES string of the molecule is O=CC1CCCc2cccc(Cl)c21. The molecule has 0 fully saturated rings. The minimum absolute atomic E-state index is 0.0254. The van der Waals surface area contributed by atoms with Crippen molar-refractivity contribution in [2.75, 3.05) is 0 Å². The van der Waals surface area contributed by atoms with Crippen LogP contribution >= 0.6 is 11.6 Å². The van der Waals surface area contributed by atoms with Crippen LogP contribution in [0.1, 0.15) is 29.9 Å². The van der Waals surface area contributed by atoms with Crippen LogP contribution in [0.3, 0.4) is 0 Å². The molecule has 13 heavy (non-hydrogen) atoms. The highest BCUT2D eigenvalue weighted by Crippen LogP contribution is 2.34. The molecular formula is C11H11ClO. The molecule has 1 aromatic rings. The molecule has 0 spiro atoms. The van der Waals surface area contributed by atoms with Gasteiger partial charge in [0.15, 0.2) is 0 Å². The molecule has 0 aromatic heterocycles. The molecule has 1 atom stereocenters. The van der Waals surface area contributed by atoms with Crippen molar-refractivity contribution >= 4 is 17.9 Å². The van der Waals surface area contributed by atoms with Gasteiger partial charge in [-0.1, -0.05) is 23.7 Å². The summed E-state index contributed by atoms with van der Waals surface area (Å²) < 4.78 is 0. The standard InChI is InChI=1S/C11H11ClO/c12-10-6-2-4-8-3-1-5-9(7-13)11(8)10/h2,4,6-7,9H,1,3,5H2. The van der Waals surface area contributed by atoms with Crippen LogP contribution in [0, 0.1) is 0 Å². The Labute approximate surface area is 82.7 Å². The molecule has 1 aliphatic carbocycles. The molecule has 68 valence electrons. The fourth-order valence-corrected chi connectivity index (χ4v) is 2.34. The first-order valence-corrected chi connectivity index (χ1v) is 4.93. The van der Waals surface area contributed by atoms with Crippen molar-refractivity contribution in [3.05, 3.63) is 34.3 Å². The molecule has 0 saturated carbocycles. The number of rotatable bonds is 1. The molecule has 1 aliphatic rings. The predicted molar refractivity (Wildman–Crippen MR) is 53.2 cm³/mol. The highest BCUT2D eigenvalue weighted by molar-refractivity contribution is 6.31. The maximum absolute atomic E-state index is 10.8. The molecule has 0 amide bonds. The topological polar surface area (TPSA) is 17.1 Å². The molecule has 1 unspecified atom stereocenters. The predicted octanol–water partition coefficient (Wildman–Crippen LogP) is 2.96. The van der Waals surface area contributed by atoms with Gasteiger partial charge in [0.05, 0.1) is 0 Å². The fourth-order valence-electron chi connectivity index (χ4n) is 2.01. The summed E-state index contributed by atoms with van der Waals surface area (Å²) in [5.74, 6) is 0.0254. The average molecular weight is 195 g/mol. The van der Waals surface area contributed by atoms with Crippen LogP contribution < -0.4 is 0 Å². The Morgan fingerprint density at radius 2 is 2.31 bits per heavy atom. The first-order valence-electron chi connectivity index (χ1n) is 4.55. The monoisotopic (exact) mass is 194 g/mol. The average Bonchev–Trinajstić information content (AvgIpc) is 2.17. The number of aldehydes is 1. The molecule has 1 aromatic carbocycles. The second kappa shape index (κ2) is 3.51. The van der Waals surface area contributed by atoms with Gasteiger partial charge in [0.2, 0.25) is 0 Å². The molecule has 2 heteroatoms. The Hall–Kier alpha value is -0.820. The number of benzene rings is 1. The summed E-state index contributed by atoms with van der Waals surface area (Å²) in [5.41, 5.74) is 2.31. The van der Waals surface area contributed by atoms with Crippen LogP contribution in [0.5, 0.6) is 0 Å². The molecule has 0 N–H and O–H groups in total. The van der Waals surface area contributed by atoms with Crippen molar-refractivity contribution in [1.29, 1.82) is 0 Å². The summed E-state index contributed by atoms with van der Waals surface area (Å²) >= 11 is 6.06. The van der Waals surface area contributed by atoms with Gasteiger partial charge in [0.1, 0.15) is 6.29 Å². The van der Waals surface area contributed by atoms with Crippen LogP contribution in [0.25, 0.3) is 0 Å². The Bertz CT molecular complexity index is 333. The normalized spacial score (nSPS) is 20.8. The van der Waals surface area contributed by atoms with Crippen molar-refractivity contribution in [2.45, 2.75) is 25.2 Å². The van der Waals surface area contributed by atoms with E-state index in [4.69, 9.17) is 11.6 Å². The van der Waals surface area contributed by atoms with Crippen molar-refractivity contribution in [3.8, 4) is 0 Å². The Balaban J connectivity index is 2.53. The number of hydrogen-bond acceptors (Lipinski definition) is 1. The summed E-state index contributed by atoms with van der Waals surface area (Å²) in [4.78, 5) is 10.8. The summed E-state index contributed by atoms with van der Waals surface area (Å²) in [7, 11) is 0. The smallest absolute Gasteiger partial charge is 0.127 e. The Morgan fingerprint density at radius 1 is 1.46 bits per heavy atom. The first kappa shape index (κ1) is 8.76. The fraction of sp³-hybridized carbons (Fsp3) is 0.364. The maximum atomic E-state index is 10.8. The molecular weight excluding hydrogens is 184 g/mol. The highest BCUT2D eigenvalue weighted by atomic mass is 35.5. The largest absolute Gasteiger partial charge is 0.303 e. The van der Waals surface area contributed by atoms with Crippen LogP contribution in [-0.4, -0.2) is 6.29 Å². The molecule has 0 heterocycles. The van der Waals surface area contributed by atoms with Gasteiger partial charge >= 0.3 is 0 Å². The Kier molecular flexibility index (Phi) is 2.36. The third kappa shape index (κ3) is 1.49. The van der Waals surface area contributed by atoms with Gasteiger partial charge in [-0.05, 0) is 36.5 Å². The molecule has 0 radical (unpaired) electrons. The van der Waals surface area contributed by atoms with Crippen LogP contribution in [0.4, 0.5) is 0 Å².